The van der Waals surface area contributed by atoms with Crippen LogP contribution in [0.5, 0.6) is 0 Å². The van der Waals surface area contributed by atoms with E-state index in [9.17, 15) is 18.0 Å². The van der Waals surface area contributed by atoms with Crippen LogP contribution in [0.1, 0.15) is 55.1 Å². The highest BCUT2D eigenvalue weighted by Gasteiger charge is 2.22. The number of nitrogens with one attached hydrogen (secondary N) is 2. The van der Waals surface area contributed by atoms with Crippen LogP contribution in [-0.2, 0) is 25.0 Å². The van der Waals surface area contributed by atoms with Crippen molar-refractivity contribution in [1.29, 1.82) is 0 Å². The second-order valence-electron chi connectivity index (χ2n) is 8.35. The van der Waals surface area contributed by atoms with E-state index >= 15 is 0 Å². The molecule has 0 aliphatic carbocycles. The molecule has 0 atom stereocenters. The van der Waals surface area contributed by atoms with Gasteiger partial charge in [-0.25, -0.2) is 8.42 Å². The Morgan fingerprint density at radius 3 is 2.42 bits per heavy atom. The van der Waals surface area contributed by atoms with Crippen LogP contribution in [0.15, 0.2) is 47.4 Å². The van der Waals surface area contributed by atoms with Crippen molar-refractivity contribution < 1.29 is 22.7 Å². The standard InChI is InChI=1S/C23H30N2O5S/c1-16-11-12-18(23(2,3)4)15-20(16)31(28,29)25-19-9-6-8-17(14-19)22(27)24-13-7-10-21(26)30-5/h6,8-9,11-12,14-15,25H,7,10,13H2,1-5H3,(H,24,27). The number of ether oxygens (including phenoxy) is 1. The van der Waals surface area contributed by atoms with Crippen molar-refractivity contribution in [3.63, 3.8) is 0 Å². The number of methoxy groups -OCH3 is 1. The van der Waals surface area contributed by atoms with Gasteiger partial charge in [0.15, 0.2) is 0 Å². The van der Waals surface area contributed by atoms with Crippen LogP contribution in [-0.4, -0.2) is 33.9 Å². The van der Waals surface area contributed by atoms with Crippen LogP contribution in [0.4, 0.5) is 5.69 Å². The van der Waals surface area contributed by atoms with Crippen molar-refractivity contribution in [2.24, 2.45) is 0 Å². The molecule has 0 saturated carbocycles. The summed E-state index contributed by atoms with van der Waals surface area (Å²) in [6, 6.07) is 11.7. The van der Waals surface area contributed by atoms with Crippen LogP contribution in [0.3, 0.4) is 0 Å². The lowest BCUT2D eigenvalue weighted by Gasteiger charge is -2.21. The Balaban J connectivity index is 2.15. The molecule has 2 aromatic rings. The lowest BCUT2D eigenvalue weighted by Crippen LogP contribution is -2.25. The summed E-state index contributed by atoms with van der Waals surface area (Å²) in [5, 5.41) is 2.71. The van der Waals surface area contributed by atoms with Gasteiger partial charge < -0.3 is 10.1 Å². The summed E-state index contributed by atoms with van der Waals surface area (Å²) in [6.07, 6.45) is 0.664. The third kappa shape index (κ3) is 6.82. The molecule has 0 heterocycles. The van der Waals surface area contributed by atoms with Crippen LogP contribution < -0.4 is 10.0 Å². The Hall–Kier alpha value is -2.87. The first-order chi connectivity index (χ1) is 14.4. The highest BCUT2D eigenvalue weighted by atomic mass is 32.2. The van der Waals surface area contributed by atoms with Gasteiger partial charge in [0, 0.05) is 24.2 Å². The van der Waals surface area contributed by atoms with Crippen LogP contribution in [0.2, 0.25) is 0 Å². The summed E-state index contributed by atoms with van der Waals surface area (Å²) in [6.45, 7) is 8.13. The number of carbonyl (C=O) groups is 2. The average Bonchev–Trinajstić information content (AvgIpc) is 2.70. The molecule has 0 aliphatic rings. The maximum absolute atomic E-state index is 13.0. The first kappa shape index (κ1) is 24.4. The van der Waals surface area contributed by atoms with E-state index < -0.39 is 10.0 Å². The molecule has 0 radical (unpaired) electrons. The predicted octanol–water partition coefficient (Wildman–Crippen LogP) is 3.78. The number of hydrogen-bond acceptors (Lipinski definition) is 5. The third-order valence-corrected chi connectivity index (χ3v) is 6.31. The minimum atomic E-state index is -3.84. The highest BCUT2D eigenvalue weighted by molar-refractivity contribution is 7.92. The third-order valence-electron chi connectivity index (χ3n) is 4.79. The van der Waals surface area contributed by atoms with Crippen LogP contribution in [0, 0.1) is 6.92 Å². The summed E-state index contributed by atoms with van der Waals surface area (Å²) in [7, 11) is -2.52. The van der Waals surface area contributed by atoms with E-state index in [1.165, 1.54) is 13.2 Å². The number of amides is 1. The van der Waals surface area contributed by atoms with Crippen molar-refractivity contribution >= 4 is 27.6 Å². The summed E-state index contributed by atoms with van der Waals surface area (Å²) < 4.78 is 33.2. The van der Waals surface area contributed by atoms with E-state index in [0.717, 1.165) is 5.56 Å². The number of rotatable bonds is 8. The van der Waals surface area contributed by atoms with E-state index in [1.54, 1.807) is 37.3 Å². The van der Waals surface area contributed by atoms with E-state index in [0.29, 0.717) is 29.8 Å². The number of benzene rings is 2. The van der Waals surface area contributed by atoms with Crippen molar-refractivity contribution in [1.82, 2.24) is 5.32 Å². The molecule has 0 spiro atoms. The zero-order valence-corrected chi connectivity index (χ0v) is 19.4. The fourth-order valence-electron chi connectivity index (χ4n) is 2.93. The number of aryl methyl sites for hydroxylation is 1. The van der Waals surface area contributed by atoms with Crippen molar-refractivity contribution in [3.8, 4) is 0 Å². The molecule has 0 aliphatic heterocycles. The van der Waals surface area contributed by atoms with Gasteiger partial charge in [0.1, 0.15) is 0 Å². The molecule has 0 fully saturated rings. The molecule has 0 aromatic heterocycles. The van der Waals surface area contributed by atoms with Crippen molar-refractivity contribution in [3.05, 3.63) is 59.2 Å². The SMILES string of the molecule is COC(=O)CCCNC(=O)c1cccc(NS(=O)(=O)c2cc(C(C)(C)C)ccc2C)c1. The smallest absolute Gasteiger partial charge is 0.305 e. The van der Waals surface area contributed by atoms with Gasteiger partial charge in [-0.1, -0.05) is 39.0 Å². The first-order valence-electron chi connectivity index (χ1n) is 10.0. The lowest BCUT2D eigenvalue weighted by atomic mass is 9.87. The Morgan fingerprint density at radius 1 is 1.06 bits per heavy atom. The fourth-order valence-corrected chi connectivity index (χ4v) is 4.25. The summed E-state index contributed by atoms with van der Waals surface area (Å²) in [4.78, 5) is 23.7. The van der Waals surface area contributed by atoms with E-state index in [4.69, 9.17) is 0 Å². The second-order valence-corrected chi connectivity index (χ2v) is 10.0. The maximum atomic E-state index is 13.0. The molecule has 0 bridgehead atoms. The molecule has 168 valence electrons. The van der Waals surface area contributed by atoms with Crippen LogP contribution >= 0.6 is 0 Å². The Labute approximate surface area is 184 Å². The Bertz CT molecular complexity index is 1060. The quantitative estimate of drug-likeness (QED) is 0.475. The predicted molar refractivity (Wildman–Crippen MR) is 121 cm³/mol. The minimum Gasteiger partial charge on any atom is -0.469 e. The molecule has 7 nitrogen and oxygen atoms in total. The Morgan fingerprint density at radius 2 is 1.77 bits per heavy atom. The summed E-state index contributed by atoms with van der Waals surface area (Å²) >= 11 is 0. The molecule has 1 amide bonds. The van der Waals surface area contributed by atoms with Crippen molar-refractivity contribution in [2.75, 3.05) is 18.4 Å². The van der Waals surface area contributed by atoms with Gasteiger partial charge in [-0.15, -0.1) is 0 Å². The van der Waals surface area contributed by atoms with Gasteiger partial charge in [0.05, 0.1) is 12.0 Å². The van der Waals surface area contributed by atoms with Gasteiger partial charge in [0.2, 0.25) is 0 Å². The largest absolute Gasteiger partial charge is 0.469 e. The molecule has 2 aromatic carbocycles. The summed E-state index contributed by atoms with van der Waals surface area (Å²) in [5.41, 5.74) is 1.98. The van der Waals surface area contributed by atoms with Gasteiger partial charge in [-0.2, -0.15) is 0 Å². The molecule has 0 saturated heterocycles. The van der Waals surface area contributed by atoms with E-state index in [1.807, 2.05) is 26.8 Å². The molecule has 0 unspecified atom stereocenters. The topological polar surface area (TPSA) is 102 Å². The number of esters is 1. The zero-order chi connectivity index (χ0) is 23.2. The molecule has 8 heteroatoms. The number of carbonyl (C=O) groups excluding carboxylic acids is 2. The van der Waals surface area contributed by atoms with Gasteiger partial charge >= 0.3 is 5.97 Å². The molecular formula is C23H30N2O5S. The van der Waals surface area contributed by atoms with Crippen LogP contribution in [0.25, 0.3) is 0 Å². The normalized spacial score (nSPS) is 11.6. The van der Waals surface area contributed by atoms with Gasteiger partial charge in [0.25, 0.3) is 15.9 Å². The highest BCUT2D eigenvalue weighted by Crippen LogP contribution is 2.28. The fraction of sp³-hybridized carbons (Fsp3) is 0.391. The Kier molecular flexibility index (Phi) is 7.84. The van der Waals surface area contributed by atoms with Crippen molar-refractivity contribution in [2.45, 2.75) is 50.8 Å². The van der Waals surface area contributed by atoms with Gasteiger partial charge in [-0.3, -0.25) is 14.3 Å². The van der Waals surface area contributed by atoms with Gasteiger partial charge in [-0.05, 0) is 54.2 Å². The number of anilines is 1. The average molecular weight is 447 g/mol. The zero-order valence-electron chi connectivity index (χ0n) is 18.6. The monoisotopic (exact) mass is 446 g/mol. The summed E-state index contributed by atoms with van der Waals surface area (Å²) in [5.74, 6) is -0.687. The lowest BCUT2D eigenvalue weighted by molar-refractivity contribution is -0.140. The second kappa shape index (κ2) is 9.96. The number of sulfonamides is 1. The maximum Gasteiger partial charge on any atom is 0.305 e. The number of hydrogen-bond donors (Lipinski definition) is 2. The minimum absolute atomic E-state index is 0.191. The molecular weight excluding hydrogens is 416 g/mol. The van der Waals surface area contributed by atoms with E-state index in [2.05, 4.69) is 14.8 Å². The van der Waals surface area contributed by atoms with E-state index in [-0.39, 0.29) is 28.6 Å². The first-order valence-corrected chi connectivity index (χ1v) is 11.5. The molecule has 2 N–H and O–H groups in total. The molecule has 31 heavy (non-hydrogen) atoms. The molecule has 2 rings (SSSR count).